The molecule has 0 radical (unpaired) electrons. The first kappa shape index (κ1) is 11.5. The average molecular weight is 198 g/mol. The molecule has 0 aliphatic heterocycles. The van der Waals surface area contributed by atoms with Gasteiger partial charge in [-0.15, -0.1) is 0 Å². The Balaban J connectivity index is 2.68. The van der Waals surface area contributed by atoms with Crippen molar-refractivity contribution in [3.63, 3.8) is 0 Å². The van der Waals surface area contributed by atoms with Crippen LogP contribution in [0.4, 0.5) is 0 Å². The summed E-state index contributed by atoms with van der Waals surface area (Å²) in [6, 6.07) is 0. The minimum absolute atomic E-state index is 0.0400. The topological polar surface area (TPSA) is 46.3 Å². The Bertz CT molecular complexity index is 205. The van der Waals surface area contributed by atoms with Gasteiger partial charge in [0.25, 0.3) is 0 Å². The Labute approximate surface area is 86.6 Å². The summed E-state index contributed by atoms with van der Waals surface area (Å²) in [5, 5.41) is 0. The van der Waals surface area contributed by atoms with E-state index in [0.29, 0.717) is 6.42 Å². The van der Waals surface area contributed by atoms with E-state index in [1.165, 1.54) is 12.8 Å². The summed E-state index contributed by atoms with van der Waals surface area (Å²) in [4.78, 5) is 13.2. The van der Waals surface area contributed by atoms with Crippen molar-refractivity contribution < 1.29 is 4.79 Å². The molecule has 2 N–H and O–H groups in total. The van der Waals surface area contributed by atoms with E-state index >= 15 is 0 Å². The molecule has 82 valence electrons. The molecule has 1 rings (SSSR count). The molecule has 0 aromatic heterocycles. The van der Waals surface area contributed by atoms with Gasteiger partial charge >= 0.3 is 0 Å². The van der Waals surface area contributed by atoms with Gasteiger partial charge in [-0.05, 0) is 45.7 Å². The average Bonchev–Trinajstić information content (AvgIpc) is 2.08. The van der Waals surface area contributed by atoms with Gasteiger partial charge in [-0.1, -0.05) is 6.92 Å². The smallest absolute Gasteiger partial charge is 0.219 e. The van der Waals surface area contributed by atoms with Crippen LogP contribution in [-0.4, -0.2) is 30.4 Å². The molecule has 3 nitrogen and oxygen atoms in total. The van der Waals surface area contributed by atoms with Gasteiger partial charge in [-0.25, -0.2) is 0 Å². The lowest BCUT2D eigenvalue weighted by atomic mass is 9.74. The fourth-order valence-corrected chi connectivity index (χ4v) is 2.41. The number of nitrogens with zero attached hydrogens (tertiary/aromatic N) is 1. The van der Waals surface area contributed by atoms with Gasteiger partial charge in [0.15, 0.2) is 0 Å². The van der Waals surface area contributed by atoms with Gasteiger partial charge in [-0.3, -0.25) is 4.79 Å². The van der Waals surface area contributed by atoms with E-state index in [1.807, 2.05) is 0 Å². The summed E-state index contributed by atoms with van der Waals surface area (Å²) in [5.74, 6) is 0.629. The van der Waals surface area contributed by atoms with Gasteiger partial charge < -0.3 is 10.6 Å². The molecular weight excluding hydrogens is 176 g/mol. The van der Waals surface area contributed by atoms with E-state index in [4.69, 9.17) is 5.73 Å². The Morgan fingerprint density at radius 3 is 2.29 bits per heavy atom. The van der Waals surface area contributed by atoms with Crippen LogP contribution >= 0.6 is 0 Å². The highest BCUT2D eigenvalue weighted by Crippen LogP contribution is 2.37. The molecular formula is C11H22N2O. The minimum atomic E-state index is -0.173. The zero-order valence-electron chi connectivity index (χ0n) is 9.55. The van der Waals surface area contributed by atoms with Crippen LogP contribution in [0, 0.1) is 5.92 Å². The third-order valence-electron chi connectivity index (χ3n) is 3.66. The Morgan fingerprint density at radius 1 is 1.43 bits per heavy atom. The third kappa shape index (κ3) is 2.47. The second kappa shape index (κ2) is 4.30. The van der Waals surface area contributed by atoms with Gasteiger partial charge in [0.05, 0.1) is 0 Å². The van der Waals surface area contributed by atoms with Crippen LogP contribution in [0.5, 0.6) is 0 Å². The van der Waals surface area contributed by atoms with Crippen molar-refractivity contribution >= 4 is 5.91 Å². The molecule has 0 spiro atoms. The molecule has 1 aliphatic rings. The zero-order valence-corrected chi connectivity index (χ0v) is 9.55. The number of hydrogen-bond acceptors (Lipinski definition) is 2. The summed E-state index contributed by atoms with van der Waals surface area (Å²) >= 11 is 0. The number of nitrogens with two attached hydrogens (primary N) is 1. The van der Waals surface area contributed by atoms with Crippen LogP contribution in [-0.2, 0) is 4.79 Å². The molecule has 0 aromatic rings. The van der Waals surface area contributed by atoms with Crippen molar-refractivity contribution in [1.82, 2.24) is 4.90 Å². The van der Waals surface area contributed by atoms with Gasteiger partial charge in [-0.2, -0.15) is 0 Å². The van der Waals surface area contributed by atoms with Crippen molar-refractivity contribution in [2.75, 3.05) is 14.1 Å². The first-order valence-corrected chi connectivity index (χ1v) is 5.42. The van der Waals surface area contributed by atoms with Crippen molar-refractivity contribution in [2.24, 2.45) is 11.7 Å². The van der Waals surface area contributed by atoms with Crippen molar-refractivity contribution in [1.29, 1.82) is 0 Å². The number of rotatable bonds is 3. The van der Waals surface area contributed by atoms with E-state index in [1.54, 1.807) is 0 Å². The number of carbonyl (C=O) groups is 1. The largest absolute Gasteiger partial charge is 0.370 e. The highest BCUT2D eigenvalue weighted by Gasteiger charge is 2.37. The number of hydrogen-bond donors (Lipinski definition) is 1. The summed E-state index contributed by atoms with van der Waals surface area (Å²) < 4.78 is 0. The predicted molar refractivity (Wildman–Crippen MR) is 57.9 cm³/mol. The maximum Gasteiger partial charge on any atom is 0.219 e. The third-order valence-corrected chi connectivity index (χ3v) is 3.66. The van der Waals surface area contributed by atoms with Crippen molar-refractivity contribution in [2.45, 2.75) is 44.6 Å². The monoisotopic (exact) mass is 198 g/mol. The minimum Gasteiger partial charge on any atom is -0.370 e. The molecule has 0 saturated heterocycles. The number of amides is 1. The van der Waals surface area contributed by atoms with E-state index in [-0.39, 0.29) is 11.4 Å². The zero-order chi connectivity index (χ0) is 10.8. The van der Waals surface area contributed by atoms with E-state index in [2.05, 4.69) is 25.9 Å². The highest BCUT2D eigenvalue weighted by atomic mass is 16.1. The molecule has 0 unspecified atom stereocenters. The molecule has 1 saturated carbocycles. The first-order valence-electron chi connectivity index (χ1n) is 5.42. The Morgan fingerprint density at radius 2 is 1.93 bits per heavy atom. The highest BCUT2D eigenvalue weighted by molar-refractivity contribution is 5.75. The van der Waals surface area contributed by atoms with Crippen LogP contribution in [0.15, 0.2) is 0 Å². The Hall–Kier alpha value is -0.570. The molecule has 1 aliphatic carbocycles. The predicted octanol–water partition coefficient (Wildman–Crippen LogP) is 1.37. The van der Waals surface area contributed by atoms with Crippen LogP contribution in [0.1, 0.15) is 39.0 Å². The lowest BCUT2D eigenvalue weighted by Gasteiger charge is -2.44. The van der Waals surface area contributed by atoms with Crippen LogP contribution in [0.2, 0.25) is 0 Å². The summed E-state index contributed by atoms with van der Waals surface area (Å²) in [6.07, 6.45) is 5.14. The molecule has 0 heterocycles. The molecule has 1 fully saturated rings. The first-order chi connectivity index (χ1) is 6.46. The second-order valence-corrected chi connectivity index (χ2v) is 4.94. The molecule has 0 aromatic carbocycles. The number of primary amides is 1. The van der Waals surface area contributed by atoms with Gasteiger partial charge in [0.1, 0.15) is 0 Å². The standard InChI is InChI=1S/C11H22N2O/c1-9-4-6-11(7-5-9,13(2)3)8-10(12)14/h9H,4-8H2,1-3H3,(H2,12,14). The number of carbonyl (C=O) groups excluding carboxylic acids is 1. The Kier molecular flexibility index (Phi) is 3.53. The van der Waals surface area contributed by atoms with E-state index < -0.39 is 0 Å². The molecule has 0 atom stereocenters. The summed E-state index contributed by atoms with van der Waals surface area (Å²) in [6.45, 7) is 2.28. The van der Waals surface area contributed by atoms with Crippen molar-refractivity contribution in [3.05, 3.63) is 0 Å². The lowest BCUT2D eigenvalue weighted by molar-refractivity contribution is -0.121. The fourth-order valence-electron chi connectivity index (χ4n) is 2.41. The maximum absolute atomic E-state index is 11.1. The quantitative estimate of drug-likeness (QED) is 0.744. The van der Waals surface area contributed by atoms with E-state index in [0.717, 1.165) is 18.8 Å². The van der Waals surface area contributed by atoms with E-state index in [9.17, 15) is 4.79 Å². The normalized spacial score (nSPS) is 33.3. The SMILES string of the molecule is CC1CCC(CC(N)=O)(N(C)C)CC1. The molecule has 0 bridgehead atoms. The summed E-state index contributed by atoms with van der Waals surface area (Å²) in [7, 11) is 4.11. The van der Waals surface area contributed by atoms with Gasteiger partial charge in [0.2, 0.25) is 5.91 Å². The van der Waals surface area contributed by atoms with Crippen LogP contribution in [0.3, 0.4) is 0 Å². The molecule has 14 heavy (non-hydrogen) atoms. The molecule has 3 heteroatoms. The van der Waals surface area contributed by atoms with Gasteiger partial charge in [0, 0.05) is 12.0 Å². The lowest BCUT2D eigenvalue weighted by Crippen LogP contribution is -2.49. The maximum atomic E-state index is 11.1. The van der Waals surface area contributed by atoms with Crippen LogP contribution < -0.4 is 5.73 Å². The fraction of sp³-hybridized carbons (Fsp3) is 0.909. The molecule has 1 amide bonds. The van der Waals surface area contributed by atoms with Crippen molar-refractivity contribution in [3.8, 4) is 0 Å². The summed E-state index contributed by atoms with van der Waals surface area (Å²) in [5.41, 5.74) is 5.36. The second-order valence-electron chi connectivity index (χ2n) is 4.94. The van der Waals surface area contributed by atoms with Crippen LogP contribution in [0.25, 0.3) is 0 Å².